The summed E-state index contributed by atoms with van der Waals surface area (Å²) < 4.78 is 51.2. The first-order valence-corrected chi connectivity index (χ1v) is 6.69. The number of nitrogens with two attached hydrogens (primary N) is 1. The number of likely N-dealkylation sites (tertiary alicyclic amines) is 1. The Labute approximate surface area is 119 Å². The highest BCUT2D eigenvalue weighted by atomic mass is 19.4. The van der Waals surface area contributed by atoms with Gasteiger partial charge in [0.05, 0.1) is 5.56 Å². The van der Waals surface area contributed by atoms with E-state index in [1.165, 1.54) is 4.90 Å². The Hall–Kier alpha value is -1.63. The van der Waals surface area contributed by atoms with Crippen LogP contribution in [0.1, 0.15) is 28.8 Å². The van der Waals surface area contributed by atoms with Crippen LogP contribution in [0.4, 0.5) is 17.6 Å². The third-order valence-corrected chi connectivity index (χ3v) is 3.75. The van der Waals surface area contributed by atoms with Crippen LogP contribution >= 0.6 is 0 Å². The number of alkyl halides is 3. The Morgan fingerprint density at radius 1 is 1.29 bits per heavy atom. The minimum Gasteiger partial charge on any atom is -0.339 e. The summed E-state index contributed by atoms with van der Waals surface area (Å²) in [6.45, 7) is 1.45. The normalized spacial score (nSPS) is 17.1. The molecule has 1 aliphatic rings. The number of amides is 1. The van der Waals surface area contributed by atoms with Crippen LogP contribution in [0.25, 0.3) is 0 Å². The molecule has 0 atom stereocenters. The fourth-order valence-electron chi connectivity index (χ4n) is 2.43. The molecule has 0 radical (unpaired) electrons. The SMILES string of the molecule is NCC1CCN(C(=O)c2ccc(F)c(C(F)(F)F)c2)CC1. The summed E-state index contributed by atoms with van der Waals surface area (Å²) in [4.78, 5) is 13.7. The van der Waals surface area contributed by atoms with Gasteiger partial charge < -0.3 is 10.6 Å². The molecule has 2 N–H and O–H groups in total. The van der Waals surface area contributed by atoms with E-state index in [1.807, 2.05) is 0 Å². The summed E-state index contributed by atoms with van der Waals surface area (Å²) in [6, 6.07) is 2.34. The quantitative estimate of drug-likeness (QED) is 0.854. The molecule has 0 saturated carbocycles. The molecule has 1 aromatic carbocycles. The average molecular weight is 304 g/mol. The van der Waals surface area contributed by atoms with Crippen molar-refractivity contribution in [2.24, 2.45) is 11.7 Å². The van der Waals surface area contributed by atoms with Crippen molar-refractivity contribution < 1.29 is 22.4 Å². The largest absolute Gasteiger partial charge is 0.419 e. The maximum atomic E-state index is 13.2. The number of carbonyl (C=O) groups is 1. The van der Waals surface area contributed by atoms with Crippen molar-refractivity contribution in [2.45, 2.75) is 19.0 Å². The lowest BCUT2D eigenvalue weighted by molar-refractivity contribution is -0.140. The summed E-state index contributed by atoms with van der Waals surface area (Å²) in [5, 5.41) is 0. The van der Waals surface area contributed by atoms with E-state index >= 15 is 0 Å². The van der Waals surface area contributed by atoms with Gasteiger partial charge in [0, 0.05) is 18.7 Å². The van der Waals surface area contributed by atoms with Gasteiger partial charge in [0.15, 0.2) is 0 Å². The molecule has 0 bridgehead atoms. The molecule has 2 rings (SSSR count). The Bertz CT molecular complexity index is 522. The molecule has 0 unspecified atom stereocenters. The lowest BCUT2D eigenvalue weighted by Gasteiger charge is -2.31. The lowest BCUT2D eigenvalue weighted by Crippen LogP contribution is -2.40. The maximum Gasteiger partial charge on any atom is 0.419 e. The number of rotatable bonds is 2. The van der Waals surface area contributed by atoms with Crippen molar-refractivity contribution >= 4 is 5.91 Å². The van der Waals surface area contributed by atoms with Gasteiger partial charge >= 0.3 is 6.18 Å². The zero-order chi connectivity index (χ0) is 15.6. The minimum absolute atomic E-state index is 0.144. The van der Waals surface area contributed by atoms with Crippen molar-refractivity contribution in [2.75, 3.05) is 19.6 Å². The van der Waals surface area contributed by atoms with Crippen LogP contribution in [0.2, 0.25) is 0 Å². The third kappa shape index (κ3) is 3.53. The Morgan fingerprint density at radius 3 is 2.43 bits per heavy atom. The van der Waals surface area contributed by atoms with Gasteiger partial charge in [-0.1, -0.05) is 0 Å². The van der Waals surface area contributed by atoms with Gasteiger partial charge in [-0.2, -0.15) is 13.2 Å². The van der Waals surface area contributed by atoms with Crippen LogP contribution in [0, 0.1) is 11.7 Å². The van der Waals surface area contributed by atoms with Gasteiger partial charge in [0.25, 0.3) is 5.91 Å². The molecular formula is C14H16F4N2O. The summed E-state index contributed by atoms with van der Waals surface area (Å²) in [5.74, 6) is -1.54. The van der Waals surface area contributed by atoms with E-state index in [9.17, 15) is 22.4 Å². The van der Waals surface area contributed by atoms with E-state index < -0.39 is 23.5 Å². The zero-order valence-electron chi connectivity index (χ0n) is 11.3. The van der Waals surface area contributed by atoms with Gasteiger partial charge in [0.2, 0.25) is 0 Å². The molecule has 7 heteroatoms. The second kappa shape index (κ2) is 6.01. The Balaban J connectivity index is 2.17. The number of benzene rings is 1. The van der Waals surface area contributed by atoms with E-state index in [-0.39, 0.29) is 5.56 Å². The number of carbonyl (C=O) groups excluding carboxylic acids is 1. The summed E-state index contributed by atoms with van der Waals surface area (Å²) >= 11 is 0. The molecule has 0 spiro atoms. The number of nitrogens with zero attached hydrogens (tertiary/aromatic N) is 1. The molecule has 116 valence electrons. The van der Waals surface area contributed by atoms with Crippen LogP contribution < -0.4 is 5.73 Å². The van der Waals surface area contributed by atoms with Crippen LogP contribution in [0.5, 0.6) is 0 Å². The number of halogens is 4. The second-order valence-corrected chi connectivity index (χ2v) is 5.16. The summed E-state index contributed by atoms with van der Waals surface area (Å²) in [7, 11) is 0. The van der Waals surface area contributed by atoms with E-state index in [1.54, 1.807) is 0 Å². The molecule has 1 aliphatic heterocycles. The fourth-order valence-corrected chi connectivity index (χ4v) is 2.43. The standard InChI is InChI=1S/C14H16F4N2O/c15-12-2-1-10(7-11(12)14(16,17)18)13(21)20-5-3-9(8-19)4-6-20/h1-2,7,9H,3-6,8,19H2. The minimum atomic E-state index is -4.81. The van der Waals surface area contributed by atoms with Crippen molar-refractivity contribution in [3.05, 3.63) is 35.1 Å². The van der Waals surface area contributed by atoms with E-state index in [0.29, 0.717) is 37.7 Å². The highest BCUT2D eigenvalue weighted by molar-refractivity contribution is 5.94. The molecular weight excluding hydrogens is 288 g/mol. The van der Waals surface area contributed by atoms with Crippen LogP contribution in [-0.4, -0.2) is 30.4 Å². The van der Waals surface area contributed by atoms with Gasteiger partial charge in [-0.15, -0.1) is 0 Å². The second-order valence-electron chi connectivity index (χ2n) is 5.16. The summed E-state index contributed by atoms with van der Waals surface area (Å²) in [5.41, 5.74) is 3.99. The molecule has 1 amide bonds. The van der Waals surface area contributed by atoms with Crippen LogP contribution in [-0.2, 0) is 6.18 Å². The number of hydrogen-bond acceptors (Lipinski definition) is 2. The molecule has 21 heavy (non-hydrogen) atoms. The smallest absolute Gasteiger partial charge is 0.339 e. The zero-order valence-corrected chi connectivity index (χ0v) is 11.3. The van der Waals surface area contributed by atoms with Gasteiger partial charge in [-0.05, 0) is 43.5 Å². The van der Waals surface area contributed by atoms with Crippen molar-refractivity contribution in [1.29, 1.82) is 0 Å². The number of hydrogen-bond donors (Lipinski definition) is 1. The lowest BCUT2D eigenvalue weighted by atomic mass is 9.96. The van der Waals surface area contributed by atoms with E-state index in [2.05, 4.69) is 0 Å². The Morgan fingerprint density at radius 2 is 1.90 bits per heavy atom. The predicted molar refractivity (Wildman–Crippen MR) is 69.1 cm³/mol. The van der Waals surface area contributed by atoms with Crippen LogP contribution in [0.15, 0.2) is 18.2 Å². The first-order valence-electron chi connectivity index (χ1n) is 6.69. The molecule has 0 aromatic heterocycles. The monoisotopic (exact) mass is 304 g/mol. The molecule has 0 aliphatic carbocycles. The van der Waals surface area contributed by atoms with Crippen molar-refractivity contribution in [3.63, 3.8) is 0 Å². The summed E-state index contributed by atoms with van der Waals surface area (Å²) in [6.07, 6.45) is -3.35. The molecule has 1 heterocycles. The van der Waals surface area contributed by atoms with E-state index in [4.69, 9.17) is 5.73 Å². The molecule has 1 saturated heterocycles. The van der Waals surface area contributed by atoms with Gasteiger partial charge in [-0.3, -0.25) is 4.79 Å². The third-order valence-electron chi connectivity index (χ3n) is 3.75. The predicted octanol–water partition coefficient (Wildman–Crippen LogP) is 2.66. The van der Waals surface area contributed by atoms with E-state index in [0.717, 1.165) is 18.9 Å². The van der Waals surface area contributed by atoms with Crippen molar-refractivity contribution in [3.8, 4) is 0 Å². The number of piperidine rings is 1. The first-order chi connectivity index (χ1) is 9.82. The first kappa shape index (κ1) is 15.8. The molecule has 1 aromatic rings. The highest BCUT2D eigenvalue weighted by Crippen LogP contribution is 2.32. The van der Waals surface area contributed by atoms with Gasteiger partial charge in [0.1, 0.15) is 5.82 Å². The Kier molecular flexibility index (Phi) is 4.51. The fraction of sp³-hybridized carbons (Fsp3) is 0.500. The molecule has 1 fully saturated rings. The van der Waals surface area contributed by atoms with Crippen LogP contribution in [0.3, 0.4) is 0 Å². The van der Waals surface area contributed by atoms with Gasteiger partial charge in [-0.25, -0.2) is 4.39 Å². The van der Waals surface area contributed by atoms with Crippen molar-refractivity contribution in [1.82, 2.24) is 4.90 Å². The average Bonchev–Trinajstić information content (AvgIpc) is 2.46. The molecule has 3 nitrogen and oxygen atoms in total. The topological polar surface area (TPSA) is 46.3 Å². The maximum absolute atomic E-state index is 13.2. The highest BCUT2D eigenvalue weighted by Gasteiger charge is 2.35.